The molecule has 146 valence electrons. The van der Waals surface area contributed by atoms with Gasteiger partial charge in [0.1, 0.15) is 11.5 Å². The van der Waals surface area contributed by atoms with Crippen LogP contribution >= 0.6 is 0 Å². The first kappa shape index (κ1) is 20.6. The number of benzene rings is 2. The molecule has 0 aliphatic heterocycles. The number of carbonyl (C=O) groups excluding carboxylic acids is 1. The van der Waals surface area contributed by atoms with E-state index in [0.29, 0.717) is 30.6 Å². The fourth-order valence-corrected chi connectivity index (χ4v) is 2.39. The van der Waals surface area contributed by atoms with Crippen LogP contribution in [0.1, 0.15) is 33.6 Å². The van der Waals surface area contributed by atoms with Gasteiger partial charge in [0.05, 0.1) is 31.1 Å². The van der Waals surface area contributed by atoms with E-state index < -0.39 is 0 Å². The average Bonchev–Trinajstić information content (AvgIpc) is 2.67. The van der Waals surface area contributed by atoms with Crippen LogP contribution in [0.15, 0.2) is 48.5 Å². The molecule has 5 heteroatoms. The predicted molar refractivity (Wildman–Crippen MR) is 111 cm³/mol. The average molecular weight is 370 g/mol. The molecule has 0 aliphatic rings. The summed E-state index contributed by atoms with van der Waals surface area (Å²) >= 11 is 0. The van der Waals surface area contributed by atoms with Crippen LogP contribution in [0.2, 0.25) is 0 Å². The summed E-state index contributed by atoms with van der Waals surface area (Å²) in [6.45, 7) is 7.74. The number of rotatable bonds is 11. The van der Waals surface area contributed by atoms with E-state index in [1.54, 1.807) is 0 Å². The van der Waals surface area contributed by atoms with E-state index in [1.165, 1.54) is 0 Å². The van der Waals surface area contributed by atoms with Gasteiger partial charge in [-0.25, -0.2) is 0 Å². The predicted octanol–water partition coefficient (Wildman–Crippen LogP) is 4.95. The van der Waals surface area contributed by atoms with E-state index >= 15 is 0 Å². The molecule has 1 amide bonds. The molecular formula is C22H30N2O3. The van der Waals surface area contributed by atoms with Crippen LogP contribution < -0.4 is 20.1 Å². The third kappa shape index (κ3) is 7.21. The highest BCUT2D eigenvalue weighted by atomic mass is 16.5. The number of hydrogen-bond acceptors (Lipinski definition) is 4. The Morgan fingerprint density at radius 3 is 2.26 bits per heavy atom. The van der Waals surface area contributed by atoms with Crippen molar-refractivity contribution in [2.45, 2.75) is 33.6 Å². The highest BCUT2D eigenvalue weighted by molar-refractivity contribution is 5.95. The lowest BCUT2D eigenvalue weighted by Crippen LogP contribution is -2.22. The zero-order chi connectivity index (χ0) is 19.5. The van der Waals surface area contributed by atoms with Crippen LogP contribution in [0.25, 0.3) is 0 Å². The van der Waals surface area contributed by atoms with E-state index in [9.17, 15) is 4.79 Å². The van der Waals surface area contributed by atoms with Crippen molar-refractivity contribution in [2.75, 3.05) is 30.4 Å². The minimum Gasteiger partial charge on any atom is -0.491 e. The van der Waals surface area contributed by atoms with Gasteiger partial charge in [0.2, 0.25) is 5.91 Å². The minimum absolute atomic E-state index is 0.139. The fourth-order valence-electron chi connectivity index (χ4n) is 2.39. The van der Waals surface area contributed by atoms with Gasteiger partial charge in [0, 0.05) is 0 Å². The second kappa shape index (κ2) is 11.1. The van der Waals surface area contributed by atoms with E-state index in [1.807, 2.05) is 48.5 Å². The molecule has 0 unspecified atom stereocenters. The lowest BCUT2D eigenvalue weighted by Gasteiger charge is -2.15. The molecule has 2 aromatic rings. The van der Waals surface area contributed by atoms with Gasteiger partial charge in [-0.1, -0.05) is 51.5 Å². The molecule has 5 nitrogen and oxygen atoms in total. The highest BCUT2D eigenvalue weighted by Crippen LogP contribution is 2.25. The second-order valence-corrected chi connectivity index (χ2v) is 6.80. The van der Waals surface area contributed by atoms with Crippen molar-refractivity contribution in [3.63, 3.8) is 0 Å². The van der Waals surface area contributed by atoms with Gasteiger partial charge >= 0.3 is 0 Å². The number of hydrogen-bond donors (Lipinski definition) is 2. The van der Waals surface area contributed by atoms with Crippen LogP contribution in [-0.2, 0) is 4.79 Å². The van der Waals surface area contributed by atoms with Crippen LogP contribution in [0.4, 0.5) is 11.4 Å². The van der Waals surface area contributed by atoms with Crippen molar-refractivity contribution in [1.29, 1.82) is 0 Å². The van der Waals surface area contributed by atoms with Crippen molar-refractivity contribution in [2.24, 2.45) is 5.92 Å². The van der Waals surface area contributed by atoms with Gasteiger partial charge in [-0.2, -0.15) is 0 Å². The molecule has 0 spiro atoms. The molecule has 2 N–H and O–H groups in total. The number of amides is 1. The molecule has 2 rings (SSSR count). The van der Waals surface area contributed by atoms with Gasteiger partial charge in [-0.05, 0) is 36.6 Å². The lowest BCUT2D eigenvalue weighted by molar-refractivity contribution is -0.114. The van der Waals surface area contributed by atoms with Gasteiger partial charge in [-0.15, -0.1) is 0 Å². The monoisotopic (exact) mass is 370 g/mol. The Labute approximate surface area is 162 Å². The Kier molecular flexibility index (Phi) is 8.49. The fraction of sp³-hybridized carbons (Fsp3) is 0.409. The maximum atomic E-state index is 12.4. The third-order valence-electron chi connectivity index (χ3n) is 3.82. The minimum atomic E-state index is -0.139. The number of para-hydroxylation sites is 4. The van der Waals surface area contributed by atoms with Crippen molar-refractivity contribution >= 4 is 17.3 Å². The molecule has 0 fully saturated rings. The summed E-state index contributed by atoms with van der Waals surface area (Å²) in [6, 6.07) is 15.1. The maximum absolute atomic E-state index is 12.4. The normalized spacial score (nSPS) is 10.5. The number of unbranched alkanes of at least 4 members (excludes halogenated alkanes) is 1. The van der Waals surface area contributed by atoms with Crippen molar-refractivity contribution in [3.8, 4) is 11.5 Å². The molecule has 0 bridgehead atoms. The van der Waals surface area contributed by atoms with E-state index in [4.69, 9.17) is 9.47 Å². The third-order valence-corrected chi connectivity index (χ3v) is 3.82. The summed E-state index contributed by atoms with van der Waals surface area (Å²) in [6.07, 6.45) is 2.05. The topological polar surface area (TPSA) is 59.6 Å². The number of anilines is 2. The first-order valence-electron chi connectivity index (χ1n) is 9.57. The standard InChI is InChI=1S/C22H30N2O3/c1-4-5-14-26-21-13-9-7-11-19(21)24-22(25)15-23-18-10-6-8-12-20(18)27-16-17(2)3/h6-13,17,23H,4-5,14-16H2,1-3H3,(H,24,25). The van der Waals surface area contributed by atoms with E-state index in [-0.39, 0.29) is 12.5 Å². The zero-order valence-electron chi connectivity index (χ0n) is 16.5. The summed E-state index contributed by atoms with van der Waals surface area (Å²) < 4.78 is 11.6. The Bertz CT molecular complexity index is 716. The summed E-state index contributed by atoms with van der Waals surface area (Å²) in [5, 5.41) is 6.06. The van der Waals surface area contributed by atoms with Gasteiger partial charge in [0.25, 0.3) is 0 Å². The summed E-state index contributed by atoms with van der Waals surface area (Å²) in [7, 11) is 0. The molecule has 0 saturated carbocycles. The first-order chi connectivity index (χ1) is 13.1. The number of nitrogens with one attached hydrogen (secondary N) is 2. The molecule has 2 aromatic carbocycles. The van der Waals surface area contributed by atoms with Crippen molar-refractivity contribution < 1.29 is 14.3 Å². The molecule has 0 aromatic heterocycles. The zero-order valence-corrected chi connectivity index (χ0v) is 16.5. The van der Waals surface area contributed by atoms with Crippen molar-refractivity contribution in [3.05, 3.63) is 48.5 Å². The van der Waals surface area contributed by atoms with E-state index in [0.717, 1.165) is 24.3 Å². The van der Waals surface area contributed by atoms with Crippen LogP contribution in [0.5, 0.6) is 11.5 Å². The Balaban J connectivity index is 1.92. The Morgan fingerprint density at radius 1 is 0.963 bits per heavy atom. The molecule has 0 radical (unpaired) electrons. The Hall–Kier alpha value is -2.69. The second-order valence-electron chi connectivity index (χ2n) is 6.80. The summed E-state index contributed by atoms with van der Waals surface area (Å²) in [5.41, 5.74) is 1.49. The number of carbonyl (C=O) groups is 1. The molecule has 0 atom stereocenters. The van der Waals surface area contributed by atoms with Crippen LogP contribution in [-0.4, -0.2) is 25.7 Å². The number of ether oxygens (including phenoxy) is 2. The smallest absolute Gasteiger partial charge is 0.243 e. The van der Waals surface area contributed by atoms with Gasteiger partial charge in [-0.3, -0.25) is 4.79 Å². The summed E-state index contributed by atoms with van der Waals surface area (Å²) in [4.78, 5) is 12.4. The van der Waals surface area contributed by atoms with Crippen LogP contribution in [0.3, 0.4) is 0 Å². The first-order valence-corrected chi connectivity index (χ1v) is 9.57. The summed E-state index contributed by atoms with van der Waals surface area (Å²) in [5.74, 6) is 1.74. The molecule has 27 heavy (non-hydrogen) atoms. The molecule has 0 saturated heterocycles. The van der Waals surface area contributed by atoms with E-state index in [2.05, 4.69) is 31.4 Å². The molecule has 0 heterocycles. The van der Waals surface area contributed by atoms with Gasteiger partial charge < -0.3 is 20.1 Å². The van der Waals surface area contributed by atoms with Gasteiger partial charge in [0.15, 0.2) is 0 Å². The quantitative estimate of drug-likeness (QED) is 0.549. The Morgan fingerprint density at radius 2 is 1.59 bits per heavy atom. The SMILES string of the molecule is CCCCOc1ccccc1NC(=O)CNc1ccccc1OCC(C)C. The van der Waals surface area contributed by atoms with Crippen LogP contribution in [0, 0.1) is 5.92 Å². The largest absolute Gasteiger partial charge is 0.491 e. The molecular weight excluding hydrogens is 340 g/mol. The lowest BCUT2D eigenvalue weighted by atomic mass is 10.2. The van der Waals surface area contributed by atoms with Crippen molar-refractivity contribution in [1.82, 2.24) is 0 Å². The maximum Gasteiger partial charge on any atom is 0.243 e. The molecule has 0 aliphatic carbocycles. The highest BCUT2D eigenvalue weighted by Gasteiger charge is 2.09.